The van der Waals surface area contributed by atoms with Crippen LogP contribution in [0.25, 0.3) is 16.8 Å². The number of nitrogens with one attached hydrogen (secondary N) is 1. The maximum absolute atomic E-state index is 13.0. The second-order valence-corrected chi connectivity index (χ2v) is 8.38. The third kappa shape index (κ3) is 5.19. The summed E-state index contributed by atoms with van der Waals surface area (Å²) in [4.78, 5) is 25.6. The standard InChI is InChI=1S/C26H29N5O2/c1-4-20-12-14-22(15-13-20)23-16-24-26(33)30(28-19(3)31(24)29-23)17-25(32)27-18(2)10-11-21-8-6-5-7-9-21/h5-9,12-16,18H,4,10-11,17H2,1-3H3,(H,27,32)/t18-/m0/s1. The molecule has 7 heteroatoms. The highest BCUT2D eigenvalue weighted by Gasteiger charge is 2.16. The van der Waals surface area contributed by atoms with Gasteiger partial charge in [0.25, 0.3) is 5.56 Å². The molecule has 4 rings (SSSR count). The molecule has 0 spiro atoms. The van der Waals surface area contributed by atoms with E-state index in [0.717, 1.165) is 24.8 Å². The third-order valence-electron chi connectivity index (χ3n) is 5.80. The van der Waals surface area contributed by atoms with Crippen LogP contribution in [0.5, 0.6) is 0 Å². The van der Waals surface area contributed by atoms with E-state index in [-0.39, 0.29) is 24.1 Å². The van der Waals surface area contributed by atoms with Gasteiger partial charge in [0.1, 0.15) is 17.9 Å². The number of carbonyl (C=O) groups excluding carboxylic acids is 1. The molecule has 0 unspecified atom stereocenters. The van der Waals surface area contributed by atoms with Crippen LogP contribution in [0.3, 0.4) is 0 Å². The monoisotopic (exact) mass is 443 g/mol. The molecule has 7 nitrogen and oxygen atoms in total. The summed E-state index contributed by atoms with van der Waals surface area (Å²) in [5.41, 5.74) is 4.19. The molecule has 2 aromatic heterocycles. The molecule has 1 atom stereocenters. The minimum atomic E-state index is -0.336. The normalized spacial score (nSPS) is 12.1. The molecular weight excluding hydrogens is 414 g/mol. The summed E-state index contributed by atoms with van der Waals surface area (Å²) in [7, 11) is 0. The van der Waals surface area contributed by atoms with Crippen molar-refractivity contribution in [3.8, 4) is 11.3 Å². The van der Waals surface area contributed by atoms with E-state index in [2.05, 4.69) is 46.7 Å². The Labute approximate surface area is 193 Å². The Morgan fingerprint density at radius 2 is 1.76 bits per heavy atom. The van der Waals surface area contributed by atoms with E-state index < -0.39 is 0 Å². The van der Waals surface area contributed by atoms with Crippen LogP contribution in [-0.4, -0.2) is 31.3 Å². The van der Waals surface area contributed by atoms with Crippen molar-refractivity contribution in [2.75, 3.05) is 0 Å². The lowest BCUT2D eigenvalue weighted by Gasteiger charge is -2.14. The van der Waals surface area contributed by atoms with Crippen LogP contribution in [0.2, 0.25) is 0 Å². The van der Waals surface area contributed by atoms with E-state index in [1.54, 1.807) is 17.5 Å². The number of rotatable bonds is 8. The first-order valence-electron chi connectivity index (χ1n) is 11.3. The molecule has 0 radical (unpaired) electrons. The Morgan fingerprint density at radius 1 is 1.03 bits per heavy atom. The number of carbonyl (C=O) groups is 1. The number of hydrogen-bond donors (Lipinski definition) is 1. The second-order valence-electron chi connectivity index (χ2n) is 8.38. The van der Waals surface area contributed by atoms with Crippen LogP contribution in [-0.2, 0) is 24.2 Å². The first-order valence-corrected chi connectivity index (χ1v) is 11.3. The fourth-order valence-electron chi connectivity index (χ4n) is 3.89. The molecule has 2 aromatic carbocycles. The van der Waals surface area contributed by atoms with Gasteiger partial charge in [0.15, 0.2) is 0 Å². The molecule has 0 aliphatic heterocycles. The molecule has 0 aliphatic rings. The maximum Gasteiger partial charge on any atom is 0.293 e. The van der Waals surface area contributed by atoms with Crippen molar-refractivity contribution < 1.29 is 4.79 Å². The summed E-state index contributed by atoms with van der Waals surface area (Å²) in [5.74, 6) is 0.315. The van der Waals surface area contributed by atoms with Gasteiger partial charge in [0.2, 0.25) is 5.91 Å². The maximum atomic E-state index is 13.0. The Morgan fingerprint density at radius 3 is 2.45 bits per heavy atom. The average Bonchev–Trinajstić information content (AvgIpc) is 3.28. The number of hydrogen-bond acceptors (Lipinski definition) is 4. The zero-order valence-corrected chi connectivity index (χ0v) is 19.3. The highest BCUT2D eigenvalue weighted by Crippen LogP contribution is 2.19. The van der Waals surface area contributed by atoms with E-state index >= 15 is 0 Å². The zero-order valence-electron chi connectivity index (χ0n) is 19.3. The highest BCUT2D eigenvalue weighted by molar-refractivity contribution is 5.76. The van der Waals surface area contributed by atoms with Crippen molar-refractivity contribution in [2.45, 2.75) is 52.6 Å². The molecule has 1 amide bonds. The summed E-state index contributed by atoms with van der Waals surface area (Å²) in [5, 5.41) is 11.9. The van der Waals surface area contributed by atoms with Gasteiger partial charge in [0, 0.05) is 11.6 Å². The fraction of sp³-hybridized carbons (Fsp3) is 0.308. The summed E-state index contributed by atoms with van der Waals surface area (Å²) >= 11 is 0. The smallest absolute Gasteiger partial charge is 0.293 e. The first-order chi connectivity index (χ1) is 15.9. The minimum absolute atomic E-state index is 0.00843. The molecule has 0 fully saturated rings. The van der Waals surface area contributed by atoms with Crippen molar-refractivity contribution in [2.24, 2.45) is 0 Å². The van der Waals surface area contributed by atoms with E-state index in [1.165, 1.54) is 15.8 Å². The Hall–Kier alpha value is -3.74. The predicted octanol–water partition coefficient (Wildman–Crippen LogP) is 3.57. The average molecular weight is 444 g/mol. The number of fused-ring (bicyclic) bond motifs is 1. The van der Waals surface area contributed by atoms with E-state index in [0.29, 0.717) is 17.0 Å². The zero-order chi connectivity index (χ0) is 23.4. The van der Waals surface area contributed by atoms with E-state index in [4.69, 9.17) is 0 Å². The van der Waals surface area contributed by atoms with Gasteiger partial charge in [-0.3, -0.25) is 9.59 Å². The number of amides is 1. The molecule has 4 aromatic rings. The Kier molecular flexibility index (Phi) is 6.68. The van der Waals surface area contributed by atoms with Crippen molar-refractivity contribution in [3.63, 3.8) is 0 Å². The minimum Gasteiger partial charge on any atom is -0.352 e. The van der Waals surface area contributed by atoms with Crippen molar-refractivity contribution >= 4 is 11.4 Å². The molecular formula is C26H29N5O2. The fourth-order valence-corrected chi connectivity index (χ4v) is 3.89. The lowest BCUT2D eigenvalue weighted by Crippen LogP contribution is -2.39. The predicted molar refractivity (Wildman–Crippen MR) is 129 cm³/mol. The number of aromatic nitrogens is 4. The lowest BCUT2D eigenvalue weighted by atomic mass is 10.1. The number of aryl methyl sites for hydroxylation is 3. The van der Waals surface area contributed by atoms with Gasteiger partial charge >= 0.3 is 0 Å². The van der Waals surface area contributed by atoms with Crippen molar-refractivity contribution in [1.82, 2.24) is 24.7 Å². The van der Waals surface area contributed by atoms with Crippen LogP contribution in [0.15, 0.2) is 65.5 Å². The van der Waals surface area contributed by atoms with Crippen LogP contribution in [0.1, 0.15) is 37.2 Å². The van der Waals surface area contributed by atoms with Gasteiger partial charge < -0.3 is 5.32 Å². The molecule has 1 N–H and O–H groups in total. The number of benzene rings is 2. The Bertz CT molecular complexity index is 1310. The Balaban J connectivity index is 1.47. The second kappa shape index (κ2) is 9.81. The first kappa shape index (κ1) is 22.5. The van der Waals surface area contributed by atoms with Crippen LogP contribution < -0.4 is 10.9 Å². The molecule has 0 bridgehead atoms. The molecule has 0 saturated heterocycles. The highest BCUT2D eigenvalue weighted by atomic mass is 16.2. The quantitative estimate of drug-likeness (QED) is 0.451. The van der Waals surface area contributed by atoms with Crippen LogP contribution in [0, 0.1) is 6.92 Å². The summed E-state index contributed by atoms with van der Waals surface area (Å²) in [6.07, 6.45) is 2.66. The van der Waals surface area contributed by atoms with Gasteiger partial charge in [-0.25, -0.2) is 9.20 Å². The van der Waals surface area contributed by atoms with Crippen LogP contribution >= 0.6 is 0 Å². The summed E-state index contributed by atoms with van der Waals surface area (Å²) in [6.45, 7) is 5.73. The molecule has 0 saturated carbocycles. The van der Waals surface area contributed by atoms with Crippen molar-refractivity contribution in [1.29, 1.82) is 0 Å². The van der Waals surface area contributed by atoms with Crippen LogP contribution in [0.4, 0.5) is 0 Å². The summed E-state index contributed by atoms with van der Waals surface area (Å²) in [6, 6.07) is 20.1. The van der Waals surface area contributed by atoms with Gasteiger partial charge in [-0.05, 0) is 50.3 Å². The van der Waals surface area contributed by atoms with E-state index in [9.17, 15) is 9.59 Å². The molecule has 2 heterocycles. The van der Waals surface area contributed by atoms with Gasteiger partial charge in [-0.1, -0.05) is 61.5 Å². The molecule has 33 heavy (non-hydrogen) atoms. The van der Waals surface area contributed by atoms with Crippen molar-refractivity contribution in [3.05, 3.63) is 88.0 Å². The lowest BCUT2D eigenvalue weighted by molar-refractivity contribution is -0.122. The number of nitrogens with zero attached hydrogens (tertiary/aromatic N) is 4. The molecule has 0 aliphatic carbocycles. The topological polar surface area (TPSA) is 81.3 Å². The summed E-state index contributed by atoms with van der Waals surface area (Å²) < 4.78 is 2.76. The van der Waals surface area contributed by atoms with Gasteiger partial charge in [-0.15, -0.1) is 0 Å². The SMILES string of the molecule is CCc1ccc(-c2cc3c(=O)n(CC(=O)N[C@@H](C)CCc4ccccc4)nc(C)n3n2)cc1. The van der Waals surface area contributed by atoms with Gasteiger partial charge in [0.05, 0.1) is 5.69 Å². The third-order valence-corrected chi connectivity index (χ3v) is 5.80. The van der Waals surface area contributed by atoms with E-state index in [1.807, 2.05) is 37.3 Å². The molecule has 170 valence electrons. The van der Waals surface area contributed by atoms with Gasteiger partial charge in [-0.2, -0.15) is 10.2 Å². The largest absolute Gasteiger partial charge is 0.352 e.